The van der Waals surface area contributed by atoms with Crippen molar-refractivity contribution in [1.82, 2.24) is 4.98 Å². The van der Waals surface area contributed by atoms with Crippen LogP contribution in [0.2, 0.25) is 5.02 Å². The van der Waals surface area contributed by atoms with E-state index in [0.717, 1.165) is 16.8 Å². The van der Waals surface area contributed by atoms with Gasteiger partial charge in [-0.05, 0) is 29.8 Å². The number of esters is 1. The van der Waals surface area contributed by atoms with Crippen molar-refractivity contribution >= 4 is 52.2 Å². The van der Waals surface area contributed by atoms with Crippen molar-refractivity contribution in [3.63, 3.8) is 0 Å². The molecule has 0 aliphatic carbocycles. The van der Waals surface area contributed by atoms with Gasteiger partial charge in [0, 0.05) is 29.1 Å². The molecule has 2 atom stereocenters. The number of aryl methyl sites for hydroxylation is 1. The molecule has 184 valence electrons. The van der Waals surface area contributed by atoms with E-state index in [-0.39, 0.29) is 22.9 Å². The van der Waals surface area contributed by atoms with Gasteiger partial charge in [-0.1, -0.05) is 36.0 Å². The molecular formula is C25H25ClN2O5S2. The molecule has 0 radical (unpaired) electrons. The van der Waals surface area contributed by atoms with Crippen molar-refractivity contribution in [3.05, 3.63) is 70.4 Å². The maximum absolute atomic E-state index is 11.4. The lowest BCUT2D eigenvalue weighted by Crippen LogP contribution is -2.24. The predicted molar refractivity (Wildman–Crippen MR) is 141 cm³/mol. The zero-order valence-electron chi connectivity index (χ0n) is 19.5. The van der Waals surface area contributed by atoms with Gasteiger partial charge < -0.3 is 23.9 Å². The van der Waals surface area contributed by atoms with Gasteiger partial charge in [-0.15, -0.1) is 11.8 Å². The molecule has 0 unspecified atom stereocenters. The van der Waals surface area contributed by atoms with Gasteiger partial charge in [0.2, 0.25) is 0 Å². The number of carbonyl (C=O) groups is 1. The zero-order valence-corrected chi connectivity index (χ0v) is 21.9. The zero-order chi connectivity index (χ0) is 24.9. The summed E-state index contributed by atoms with van der Waals surface area (Å²) in [5.41, 5.74) is 2.82. The lowest BCUT2D eigenvalue weighted by molar-refractivity contribution is -0.140. The topological polar surface area (TPSA) is 82.8 Å². The summed E-state index contributed by atoms with van der Waals surface area (Å²) in [5, 5.41) is 3.72. The quantitative estimate of drug-likeness (QED) is 0.293. The molecule has 3 aromatic rings. The number of rotatable bonds is 8. The van der Waals surface area contributed by atoms with E-state index in [1.54, 1.807) is 32.2 Å². The first-order valence-electron chi connectivity index (χ1n) is 10.9. The van der Waals surface area contributed by atoms with E-state index in [1.807, 2.05) is 36.4 Å². The summed E-state index contributed by atoms with van der Waals surface area (Å²) >= 11 is 13.9. The van der Waals surface area contributed by atoms with E-state index in [1.165, 1.54) is 7.11 Å². The van der Waals surface area contributed by atoms with Gasteiger partial charge in [0.1, 0.15) is 5.76 Å². The molecule has 1 aromatic heterocycles. The Morgan fingerprint density at radius 2 is 2.03 bits per heavy atom. The first-order chi connectivity index (χ1) is 16.9. The smallest absolute Gasteiger partial charge is 0.305 e. The number of fused-ring (bicyclic) bond motifs is 1. The number of thiocarbonyl (C=S) groups is 1. The summed E-state index contributed by atoms with van der Waals surface area (Å²) in [7, 11) is 4.61. The summed E-state index contributed by atoms with van der Waals surface area (Å²) in [6, 6.07) is 11.5. The molecule has 0 spiro atoms. The van der Waals surface area contributed by atoms with E-state index in [2.05, 4.69) is 10.3 Å². The number of aromatic nitrogens is 1. The van der Waals surface area contributed by atoms with Gasteiger partial charge >= 0.3 is 5.97 Å². The molecule has 0 amide bonds. The largest absolute Gasteiger partial charge is 0.493 e. The monoisotopic (exact) mass is 532 g/mol. The van der Waals surface area contributed by atoms with Crippen LogP contribution in [0.4, 0.5) is 5.69 Å². The number of nitrogens with one attached hydrogen (secondary N) is 1. The maximum atomic E-state index is 11.4. The number of oxazole rings is 1. The molecule has 7 nitrogen and oxygen atoms in total. The van der Waals surface area contributed by atoms with Gasteiger partial charge in [0.05, 0.1) is 49.4 Å². The average molecular weight is 533 g/mol. The van der Waals surface area contributed by atoms with Crippen molar-refractivity contribution in [2.24, 2.45) is 0 Å². The van der Waals surface area contributed by atoms with Crippen LogP contribution in [0.3, 0.4) is 0 Å². The first kappa shape index (κ1) is 25.3. The summed E-state index contributed by atoms with van der Waals surface area (Å²) < 4.78 is 21.9. The van der Waals surface area contributed by atoms with Crippen molar-refractivity contribution in [1.29, 1.82) is 0 Å². The molecule has 35 heavy (non-hydrogen) atoms. The minimum atomic E-state index is -0.292. The number of para-hydroxylation sites is 1. The van der Waals surface area contributed by atoms with Crippen molar-refractivity contribution in [2.75, 3.05) is 26.6 Å². The lowest BCUT2D eigenvalue weighted by atomic mass is 10.0. The van der Waals surface area contributed by atoms with E-state index in [0.29, 0.717) is 46.0 Å². The Labute approximate surface area is 218 Å². The summed E-state index contributed by atoms with van der Waals surface area (Å²) in [6.07, 6.45) is 2.78. The highest BCUT2D eigenvalue weighted by molar-refractivity contribution is 8.02. The number of halogens is 1. The van der Waals surface area contributed by atoms with Crippen LogP contribution in [0.25, 0.3) is 0 Å². The molecule has 1 aliphatic rings. The van der Waals surface area contributed by atoms with E-state index in [9.17, 15) is 4.79 Å². The Hall–Kier alpha value is -2.75. The Morgan fingerprint density at radius 1 is 1.20 bits per heavy atom. The first-order valence-corrected chi connectivity index (χ1v) is 12.6. The highest BCUT2D eigenvalue weighted by Gasteiger charge is 2.33. The molecule has 4 rings (SSSR count). The molecule has 2 heterocycles. The lowest BCUT2D eigenvalue weighted by Gasteiger charge is -2.23. The van der Waals surface area contributed by atoms with Gasteiger partial charge in [0.25, 0.3) is 0 Å². The molecule has 1 aliphatic heterocycles. The molecular weight excluding hydrogens is 508 g/mol. The number of anilines is 1. The summed E-state index contributed by atoms with van der Waals surface area (Å²) in [5.74, 6) is 2.19. The van der Waals surface area contributed by atoms with Crippen molar-refractivity contribution in [2.45, 2.75) is 29.8 Å². The van der Waals surface area contributed by atoms with Crippen LogP contribution in [-0.2, 0) is 22.4 Å². The number of methoxy groups -OCH3 is 3. The van der Waals surface area contributed by atoms with E-state index in [4.69, 9.17) is 42.4 Å². The Morgan fingerprint density at radius 3 is 2.77 bits per heavy atom. The third kappa shape index (κ3) is 5.74. The van der Waals surface area contributed by atoms with Gasteiger partial charge in [-0.3, -0.25) is 4.79 Å². The third-order valence-electron chi connectivity index (χ3n) is 5.63. The molecule has 0 saturated carbocycles. The maximum Gasteiger partial charge on any atom is 0.305 e. The van der Waals surface area contributed by atoms with Crippen molar-refractivity contribution < 1.29 is 23.4 Å². The number of benzene rings is 2. The average Bonchev–Trinajstić information content (AvgIpc) is 3.27. The van der Waals surface area contributed by atoms with Crippen LogP contribution in [0.5, 0.6) is 11.5 Å². The SMILES string of the molecule is COC(=O)CCc1cnc(C[C@H]2S[C@H](c3cccc(OC)c3OC)c3cc(Cl)ccc3NC2=S)o1. The second-order valence-corrected chi connectivity index (χ2v) is 10.00. The number of hydrogen-bond donors (Lipinski definition) is 1. The van der Waals surface area contributed by atoms with Gasteiger partial charge in [-0.2, -0.15) is 0 Å². The van der Waals surface area contributed by atoms with Crippen LogP contribution in [-0.4, -0.2) is 42.5 Å². The fraction of sp³-hybridized carbons (Fsp3) is 0.320. The number of nitrogens with zero attached hydrogens (tertiary/aromatic N) is 1. The van der Waals surface area contributed by atoms with Crippen LogP contribution >= 0.6 is 35.6 Å². The molecule has 0 fully saturated rings. The van der Waals surface area contributed by atoms with Gasteiger partial charge in [-0.25, -0.2) is 4.98 Å². The Balaban J connectivity index is 1.67. The van der Waals surface area contributed by atoms with Crippen LogP contribution in [0.1, 0.15) is 34.4 Å². The highest BCUT2D eigenvalue weighted by Crippen LogP contribution is 2.50. The third-order valence-corrected chi connectivity index (χ3v) is 7.91. The van der Waals surface area contributed by atoms with E-state index < -0.39 is 0 Å². The normalized spacial score (nSPS) is 17.2. The Bertz CT molecular complexity index is 1230. The standard InChI is InChI=1S/C25H25ClN2O5S2/c1-30-19-6-4-5-16(23(19)32-3)24-17-11-14(26)7-9-18(17)28-25(34)20(35-24)12-21-27-13-15(33-21)8-10-22(29)31-2/h4-7,9,11,13,20,24H,8,10,12H2,1-3H3,(H,28,34)/t20-,24-/m1/s1. The fourth-order valence-corrected chi connectivity index (χ4v) is 5.89. The molecule has 0 bridgehead atoms. The Kier molecular flexibility index (Phi) is 8.20. The minimum Gasteiger partial charge on any atom is -0.493 e. The second kappa shape index (κ2) is 11.3. The predicted octanol–water partition coefficient (Wildman–Crippen LogP) is 5.64. The highest BCUT2D eigenvalue weighted by atomic mass is 35.5. The van der Waals surface area contributed by atoms with Crippen LogP contribution in [0.15, 0.2) is 47.0 Å². The molecule has 2 aromatic carbocycles. The summed E-state index contributed by atoms with van der Waals surface area (Å²) in [4.78, 5) is 16.5. The molecule has 10 heteroatoms. The van der Waals surface area contributed by atoms with E-state index >= 15 is 0 Å². The number of carbonyl (C=O) groups excluding carboxylic acids is 1. The van der Waals surface area contributed by atoms with Gasteiger partial charge in [0.15, 0.2) is 17.4 Å². The molecule has 0 saturated heterocycles. The van der Waals surface area contributed by atoms with Crippen LogP contribution < -0.4 is 14.8 Å². The number of thioether (sulfide) groups is 1. The summed E-state index contributed by atoms with van der Waals surface area (Å²) in [6.45, 7) is 0. The number of hydrogen-bond acceptors (Lipinski definition) is 8. The minimum absolute atomic E-state index is 0.149. The number of ether oxygens (including phenoxy) is 3. The molecule has 1 N–H and O–H groups in total. The fourth-order valence-electron chi connectivity index (χ4n) is 3.92. The second-order valence-electron chi connectivity index (χ2n) is 7.81. The van der Waals surface area contributed by atoms with Crippen molar-refractivity contribution in [3.8, 4) is 11.5 Å². The van der Waals surface area contributed by atoms with Crippen LogP contribution in [0, 0.1) is 0 Å².